The number of hydrogen-bond acceptors (Lipinski definition) is 4. The summed E-state index contributed by atoms with van der Waals surface area (Å²) in [7, 11) is 2.89. The SMILES string of the molecule is CN=C(NCc1ccc(OC)c(OC(F)F)c1)NCc1ccccc1OC(F)F.I. The Morgan fingerprint density at radius 1 is 0.900 bits per heavy atom. The highest BCUT2D eigenvalue weighted by atomic mass is 127. The summed E-state index contributed by atoms with van der Waals surface area (Å²) in [6, 6.07) is 11.0. The van der Waals surface area contributed by atoms with Crippen LogP contribution in [-0.2, 0) is 13.1 Å². The van der Waals surface area contributed by atoms with Crippen LogP contribution in [0.15, 0.2) is 47.5 Å². The Hall–Kier alpha value is -2.44. The number of ether oxygens (including phenoxy) is 3. The molecule has 0 saturated heterocycles. The number of halogens is 5. The Morgan fingerprint density at radius 2 is 1.53 bits per heavy atom. The first-order chi connectivity index (χ1) is 13.9. The molecular weight excluding hydrogens is 521 g/mol. The van der Waals surface area contributed by atoms with Crippen molar-refractivity contribution in [3.8, 4) is 17.2 Å². The molecule has 0 aromatic heterocycles. The zero-order chi connectivity index (χ0) is 21.2. The van der Waals surface area contributed by atoms with Gasteiger partial charge in [-0.1, -0.05) is 24.3 Å². The van der Waals surface area contributed by atoms with Crippen molar-refractivity contribution in [2.45, 2.75) is 26.3 Å². The van der Waals surface area contributed by atoms with Gasteiger partial charge in [0.15, 0.2) is 17.5 Å². The molecule has 0 unspecified atom stereocenters. The lowest BCUT2D eigenvalue weighted by Gasteiger charge is -2.15. The first-order valence-corrected chi connectivity index (χ1v) is 8.52. The van der Waals surface area contributed by atoms with Gasteiger partial charge in [0.1, 0.15) is 5.75 Å². The lowest BCUT2D eigenvalue weighted by atomic mass is 10.2. The number of para-hydroxylation sites is 1. The summed E-state index contributed by atoms with van der Waals surface area (Å²) in [5.74, 6) is 0.549. The molecule has 0 heterocycles. The molecule has 0 fully saturated rings. The van der Waals surface area contributed by atoms with Crippen LogP contribution in [0.25, 0.3) is 0 Å². The summed E-state index contributed by atoms with van der Waals surface area (Å²) < 4.78 is 64.0. The standard InChI is InChI=1S/C19H21F4N3O3.HI/c1-24-19(26-11-13-5-3-4-6-14(13)28-17(20)21)25-10-12-7-8-15(27-2)16(9-12)29-18(22)23;/h3-9,17-18H,10-11H2,1-2H3,(H2,24,25,26);1H. The maximum atomic E-state index is 12.5. The maximum Gasteiger partial charge on any atom is 0.387 e. The highest BCUT2D eigenvalue weighted by Crippen LogP contribution is 2.29. The second-order valence-corrected chi connectivity index (χ2v) is 5.63. The Balaban J connectivity index is 0.00000450. The van der Waals surface area contributed by atoms with Crippen molar-refractivity contribution < 1.29 is 31.8 Å². The van der Waals surface area contributed by atoms with Gasteiger partial charge in [-0.3, -0.25) is 4.99 Å². The summed E-state index contributed by atoms with van der Waals surface area (Å²) in [6.45, 7) is -5.46. The van der Waals surface area contributed by atoms with Crippen LogP contribution in [0.1, 0.15) is 11.1 Å². The van der Waals surface area contributed by atoms with Crippen LogP contribution >= 0.6 is 24.0 Å². The molecule has 0 aliphatic rings. The second kappa shape index (κ2) is 13.0. The zero-order valence-electron chi connectivity index (χ0n) is 16.2. The monoisotopic (exact) mass is 543 g/mol. The first-order valence-electron chi connectivity index (χ1n) is 8.52. The molecule has 0 aliphatic heterocycles. The molecule has 0 aliphatic carbocycles. The minimum absolute atomic E-state index is 0. The molecule has 11 heteroatoms. The Kier molecular flexibility index (Phi) is 11.1. The topological polar surface area (TPSA) is 64.1 Å². The number of methoxy groups -OCH3 is 1. The van der Waals surface area contributed by atoms with Crippen molar-refractivity contribution in [1.29, 1.82) is 0 Å². The van der Waals surface area contributed by atoms with Crippen LogP contribution in [0.3, 0.4) is 0 Å². The van der Waals surface area contributed by atoms with Gasteiger partial charge >= 0.3 is 13.2 Å². The van der Waals surface area contributed by atoms with Crippen LogP contribution in [0.2, 0.25) is 0 Å². The smallest absolute Gasteiger partial charge is 0.387 e. The molecule has 30 heavy (non-hydrogen) atoms. The van der Waals surface area contributed by atoms with Crippen molar-refractivity contribution in [3.05, 3.63) is 53.6 Å². The third kappa shape index (κ3) is 8.13. The maximum absolute atomic E-state index is 12.5. The van der Waals surface area contributed by atoms with E-state index in [9.17, 15) is 17.6 Å². The molecule has 0 radical (unpaired) electrons. The predicted octanol–water partition coefficient (Wildman–Crippen LogP) is 4.38. The minimum Gasteiger partial charge on any atom is -0.493 e. The molecule has 0 atom stereocenters. The van der Waals surface area contributed by atoms with E-state index in [1.165, 1.54) is 32.4 Å². The van der Waals surface area contributed by atoms with Gasteiger partial charge in [-0.15, -0.1) is 24.0 Å². The number of nitrogens with zero attached hydrogens (tertiary/aromatic N) is 1. The van der Waals surface area contributed by atoms with Gasteiger partial charge in [0.2, 0.25) is 0 Å². The molecule has 0 saturated carbocycles. The van der Waals surface area contributed by atoms with Gasteiger partial charge in [-0.05, 0) is 23.8 Å². The largest absolute Gasteiger partial charge is 0.493 e. The molecule has 0 spiro atoms. The van der Waals surface area contributed by atoms with Gasteiger partial charge in [0.25, 0.3) is 0 Å². The van der Waals surface area contributed by atoms with E-state index in [1.54, 1.807) is 24.3 Å². The van der Waals surface area contributed by atoms with Crippen molar-refractivity contribution in [2.24, 2.45) is 4.99 Å². The lowest BCUT2D eigenvalue weighted by molar-refractivity contribution is -0.0516. The van der Waals surface area contributed by atoms with E-state index in [-0.39, 0.29) is 54.3 Å². The van der Waals surface area contributed by atoms with Crippen LogP contribution in [0.5, 0.6) is 17.2 Å². The van der Waals surface area contributed by atoms with E-state index in [0.717, 1.165) is 0 Å². The van der Waals surface area contributed by atoms with Crippen molar-refractivity contribution in [2.75, 3.05) is 14.2 Å². The Bertz CT molecular complexity index is 825. The number of aliphatic imine (C=N–C) groups is 1. The summed E-state index contributed by atoms with van der Waals surface area (Å²) in [5.41, 5.74) is 1.17. The van der Waals surface area contributed by atoms with Crippen molar-refractivity contribution >= 4 is 29.9 Å². The molecule has 2 rings (SSSR count). The molecule has 166 valence electrons. The molecule has 0 bridgehead atoms. The van der Waals surface area contributed by atoms with Gasteiger partial charge in [0, 0.05) is 25.7 Å². The predicted molar refractivity (Wildman–Crippen MR) is 115 cm³/mol. The minimum atomic E-state index is -2.97. The van der Waals surface area contributed by atoms with E-state index in [0.29, 0.717) is 17.1 Å². The molecular formula is C19H22F4IN3O3. The van der Waals surface area contributed by atoms with Crippen LogP contribution in [0.4, 0.5) is 17.6 Å². The highest BCUT2D eigenvalue weighted by molar-refractivity contribution is 14.0. The third-order valence-corrected chi connectivity index (χ3v) is 3.76. The molecule has 0 amide bonds. The van der Waals surface area contributed by atoms with Crippen molar-refractivity contribution in [1.82, 2.24) is 10.6 Å². The summed E-state index contributed by atoms with van der Waals surface area (Å²) >= 11 is 0. The first kappa shape index (κ1) is 25.6. The number of rotatable bonds is 9. The lowest BCUT2D eigenvalue weighted by Crippen LogP contribution is -2.36. The number of guanidine groups is 1. The summed E-state index contributed by atoms with van der Waals surface area (Å²) in [6.07, 6.45) is 0. The zero-order valence-corrected chi connectivity index (χ0v) is 18.5. The fourth-order valence-electron chi connectivity index (χ4n) is 2.47. The van der Waals surface area contributed by atoms with E-state index in [2.05, 4.69) is 25.1 Å². The average molecular weight is 543 g/mol. The quantitative estimate of drug-likeness (QED) is 0.213. The van der Waals surface area contributed by atoms with Gasteiger partial charge < -0.3 is 24.8 Å². The Labute approximate surface area is 188 Å². The number of hydrogen-bond donors (Lipinski definition) is 2. The number of nitrogens with one attached hydrogen (secondary N) is 2. The van der Waals surface area contributed by atoms with Crippen LogP contribution in [0, 0.1) is 0 Å². The molecule has 2 aromatic carbocycles. The molecule has 2 N–H and O–H groups in total. The fourth-order valence-corrected chi connectivity index (χ4v) is 2.47. The number of alkyl halides is 4. The van der Waals surface area contributed by atoms with E-state index >= 15 is 0 Å². The molecule has 2 aromatic rings. The summed E-state index contributed by atoms with van der Waals surface area (Å²) in [4.78, 5) is 4.04. The van der Waals surface area contributed by atoms with E-state index in [4.69, 9.17) is 4.74 Å². The van der Waals surface area contributed by atoms with E-state index < -0.39 is 13.2 Å². The normalized spacial score (nSPS) is 11.1. The van der Waals surface area contributed by atoms with E-state index in [1.807, 2.05) is 0 Å². The number of benzene rings is 2. The van der Waals surface area contributed by atoms with Gasteiger partial charge in [-0.25, -0.2) is 0 Å². The average Bonchev–Trinajstić information content (AvgIpc) is 2.68. The van der Waals surface area contributed by atoms with Crippen LogP contribution in [-0.4, -0.2) is 33.3 Å². The van der Waals surface area contributed by atoms with Gasteiger partial charge in [0.05, 0.1) is 7.11 Å². The van der Waals surface area contributed by atoms with Crippen LogP contribution < -0.4 is 24.8 Å². The van der Waals surface area contributed by atoms with Gasteiger partial charge in [-0.2, -0.15) is 17.6 Å². The fraction of sp³-hybridized carbons (Fsp3) is 0.316. The van der Waals surface area contributed by atoms with Crippen molar-refractivity contribution in [3.63, 3.8) is 0 Å². The molecule has 6 nitrogen and oxygen atoms in total. The Morgan fingerprint density at radius 3 is 2.17 bits per heavy atom. The second-order valence-electron chi connectivity index (χ2n) is 5.63. The third-order valence-electron chi connectivity index (χ3n) is 3.76. The highest BCUT2D eigenvalue weighted by Gasteiger charge is 2.12. The summed E-state index contributed by atoms with van der Waals surface area (Å²) in [5, 5.41) is 5.98.